The predicted molar refractivity (Wildman–Crippen MR) is 105 cm³/mol. The lowest BCUT2D eigenvalue weighted by molar-refractivity contribution is -0.111. The van der Waals surface area contributed by atoms with Gasteiger partial charge >= 0.3 is 0 Å². The zero-order valence-electron chi connectivity index (χ0n) is 14.5. The van der Waals surface area contributed by atoms with Crippen LogP contribution in [0.4, 0.5) is 5.69 Å². The first kappa shape index (κ1) is 19.1. The molecule has 1 N–H and O–H groups in total. The maximum absolute atomic E-state index is 12.0. The van der Waals surface area contributed by atoms with Gasteiger partial charge in [-0.05, 0) is 48.4 Å². The maximum atomic E-state index is 12.0. The van der Waals surface area contributed by atoms with Gasteiger partial charge in [0.1, 0.15) is 5.75 Å². The van der Waals surface area contributed by atoms with Gasteiger partial charge in [0.15, 0.2) is 0 Å². The zero-order chi connectivity index (χ0) is 17.9. The number of rotatable bonds is 9. The van der Waals surface area contributed by atoms with Crippen molar-refractivity contribution in [3.05, 3.63) is 65.2 Å². The Labute approximate surface area is 154 Å². The summed E-state index contributed by atoms with van der Waals surface area (Å²) >= 11 is 6.06. The minimum absolute atomic E-state index is 0.201. The van der Waals surface area contributed by atoms with Crippen LogP contribution in [0.15, 0.2) is 54.6 Å². The monoisotopic (exact) mass is 357 g/mol. The smallest absolute Gasteiger partial charge is 0.248 e. The number of unbranched alkanes of at least 4 members (excludes halogenated alkanes) is 3. The molecule has 2 rings (SSSR count). The van der Waals surface area contributed by atoms with Crippen molar-refractivity contribution in [1.29, 1.82) is 0 Å². The summed E-state index contributed by atoms with van der Waals surface area (Å²) in [6.07, 6.45) is 7.90. The van der Waals surface area contributed by atoms with Gasteiger partial charge in [-0.2, -0.15) is 0 Å². The van der Waals surface area contributed by atoms with Crippen LogP contribution in [0.5, 0.6) is 5.75 Å². The van der Waals surface area contributed by atoms with Crippen molar-refractivity contribution in [2.75, 3.05) is 11.9 Å². The van der Waals surface area contributed by atoms with Crippen LogP contribution < -0.4 is 10.1 Å². The summed E-state index contributed by atoms with van der Waals surface area (Å²) < 4.78 is 5.69. The molecule has 3 nitrogen and oxygen atoms in total. The molecule has 0 spiro atoms. The van der Waals surface area contributed by atoms with Crippen molar-refractivity contribution in [2.45, 2.75) is 32.6 Å². The quantitative estimate of drug-likeness (QED) is 0.444. The fraction of sp³-hybridized carbons (Fsp3) is 0.286. The van der Waals surface area contributed by atoms with E-state index in [1.165, 1.54) is 25.3 Å². The van der Waals surface area contributed by atoms with Gasteiger partial charge < -0.3 is 10.1 Å². The van der Waals surface area contributed by atoms with Crippen molar-refractivity contribution in [1.82, 2.24) is 0 Å². The Kier molecular flexibility index (Phi) is 8.06. The van der Waals surface area contributed by atoms with Crippen molar-refractivity contribution >= 4 is 29.3 Å². The van der Waals surface area contributed by atoms with E-state index < -0.39 is 0 Å². The van der Waals surface area contributed by atoms with Gasteiger partial charge in [-0.1, -0.05) is 56.0 Å². The van der Waals surface area contributed by atoms with Crippen LogP contribution in [0.1, 0.15) is 38.2 Å². The molecule has 0 fully saturated rings. The average Bonchev–Trinajstić information content (AvgIpc) is 2.62. The van der Waals surface area contributed by atoms with Crippen molar-refractivity contribution in [3.63, 3.8) is 0 Å². The number of ether oxygens (including phenoxy) is 1. The number of hydrogen-bond donors (Lipinski definition) is 1. The van der Waals surface area contributed by atoms with Crippen LogP contribution in [0.25, 0.3) is 6.08 Å². The first-order valence-electron chi connectivity index (χ1n) is 8.65. The first-order chi connectivity index (χ1) is 12.2. The third-order valence-corrected chi connectivity index (χ3v) is 4.05. The van der Waals surface area contributed by atoms with E-state index in [9.17, 15) is 4.79 Å². The number of nitrogens with one attached hydrogen (secondary N) is 1. The fourth-order valence-corrected chi connectivity index (χ4v) is 2.51. The highest BCUT2D eigenvalue weighted by atomic mass is 35.5. The number of amides is 1. The summed E-state index contributed by atoms with van der Waals surface area (Å²) in [5.74, 6) is 0.620. The second-order valence-corrected chi connectivity index (χ2v) is 6.18. The molecule has 0 saturated heterocycles. The van der Waals surface area contributed by atoms with Gasteiger partial charge in [0.25, 0.3) is 0 Å². The second-order valence-electron chi connectivity index (χ2n) is 5.78. The molecule has 0 radical (unpaired) electrons. The van der Waals surface area contributed by atoms with Crippen molar-refractivity contribution in [2.24, 2.45) is 0 Å². The minimum atomic E-state index is -0.201. The first-order valence-corrected chi connectivity index (χ1v) is 9.03. The highest BCUT2D eigenvalue weighted by molar-refractivity contribution is 6.32. The Morgan fingerprint density at radius 1 is 1.08 bits per heavy atom. The lowest BCUT2D eigenvalue weighted by Crippen LogP contribution is -2.07. The van der Waals surface area contributed by atoms with E-state index in [1.54, 1.807) is 12.1 Å². The molecule has 0 aliphatic carbocycles. The molecule has 0 saturated carbocycles. The van der Waals surface area contributed by atoms with E-state index in [1.807, 2.05) is 42.5 Å². The molecule has 0 aromatic heterocycles. The van der Waals surface area contributed by atoms with Gasteiger partial charge in [0.05, 0.1) is 6.61 Å². The predicted octanol–water partition coefficient (Wildman–Crippen LogP) is 5.95. The maximum Gasteiger partial charge on any atom is 0.248 e. The lowest BCUT2D eigenvalue weighted by atomic mass is 10.2. The summed E-state index contributed by atoms with van der Waals surface area (Å²) in [6.45, 7) is 2.92. The molecule has 0 aliphatic heterocycles. The number of carbonyl (C=O) groups excluding carboxylic acids is 1. The Balaban J connectivity index is 1.80. The molecule has 132 valence electrons. The molecule has 0 bridgehead atoms. The summed E-state index contributed by atoms with van der Waals surface area (Å²) in [5.41, 5.74) is 1.54. The van der Waals surface area contributed by atoms with Gasteiger partial charge in [-0.25, -0.2) is 0 Å². The molecule has 25 heavy (non-hydrogen) atoms. The van der Waals surface area contributed by atoms with E-state index in [4.69, 9.17) is 16.3 Å². The van der Waals surface area contributed by atoms with E-state index in [2.05, 4.69) is 12.2 Å². The SMILES string of the molecule is CCCCCCOc1ccc(NC(=O)/C=C/c2ccccc2Cl)cc1. The Morgan fingerprint density at radius 2 is 1.84 bits per heavy atom. The Hall–Kier alpha value is -2.26. The average molecular weight is 358 g/mol. The number of benzene rings is 2. The number of hydrogen-bond acceptors (Lipinski definition) is 2. The summed E-state index contributed by atoms with van der Waals surface area (Å²) in [5, 5.41) is 3.44. The van der Waals surface area contributed by atoms with Crippen LogP contribution >= 0.6 is 11.6 Å². The third-order valence-electron chi connectivity index (χ3n) is 3.71. The van der Waals surface area contributed by atoms with Crippen LogP contribution in [-0.2, 0) is 4.79 Å². The van der Waals surface area contributed by atoms with Gasteiger partial charge in [-0.3, -0.25) is 4.79 Å². The second kappa shape index (κ2) is 10.6. The van der Waals surface area contributed by atoms with Gasteiger partial charge in [0.2, 0.25) is 5.91 Å². The molecule has 2 aromatic rings. The van der Waals surface area contributed by atoms with E-state index in [-0.39, 0.29) is 5.91 Å². The van der Waals surface area contributed by atoms with Crippen LogP contribution in [0.3, 0.4) is 0 Å². The highest BCUT2D eigenvalue weighted by Crippen LogP contribution is 2.18. The van der Waals surface area contributed by atoms with Crippen molar-refractivity contribution in [3.8, 4) is 5.75 Å². The molecule has 0 aliphatic rings. The highest BCUT2D eigenvalue weighted by Gasteiger charge is 2.00. The summed E-state index contributed by atoms with van der Waals surface area (Å²) in [4.78, 5) is 12.0. The molecule has 1 amide bonds. The van der Waals surface area contributed by atoms with Crippen molar-refractivity contribution < 1.29 is 9.53 Å². The Bertz CT molecular complexity index is 695. The molecule has 4 heteroatoms. The molecular formula is C21H24ClNO2. The van der Waals surface area contributed by atoms with Gasteiger partial charge in [-0.15, -0.1) is 0 Å². The topological polar surface area (TPSA) is 38.3 Å². The zero-order valence-corrected chi connectivity index (χ0v) is 15.3. The standard InChI is InChI=1S/C21H24ClNO2/c1-2-3-4-7-16-25-19-13-11-18(12-14-19)23-21(24)15-10-17-8-5-6-9-20(17)22/h5-6,8-15H,2-4,7,16H2,1H3,(H,23,24)/b15-10+. The molecular weight excluding hydrogens is 334 g/mol. The lowest BCUT2D eigenvalue weighted by Gasteiger charge is -2.07. The van der Waals surface area contributed by atoms with E-state index in [0.717, 1.165) is 30.0 Å². The number of halogens is 1. The summed E-state index contributed by atoms with van der Waals surface area (Å²) in [6, 6.07) is 14.8. The largest absolute Gasteiger partial charge is 0.494 e. The molecule has 0 atom stereocenters. The van der Waals surface area contributed by atoms with Crippen LogP contribution in [0.2, 0.25) is 5.02 Å². The van der Waals surface area contributed by atoms with E-state index in [0.29, 0.717) is 5.02 Å². The number of carbonyl (C=O) groups is 1. The number of anilines is 1. The third kappa shape index (κ3) is 7.02. The van der Waals surface area contributed by atoms with Crippen LogP contribution in [0, 0.1) is 0 Å². The fourth-order valence-electron chi connectivity index (χ4n) is 2.31. The van der Waals surface area contributed by atoms with Gasteiger partial charge in [0, 0.05) is 16.8 Å². The molecule has 0 unspecified atom stereocenters. The Morgan fingerprint density at radius 3 is 2.56 bits per heavy atom. The molecule has 0 heterocycles. The summed E-state index contributed by atoms with van der Waals surface area (Å²) in [7, 11) is 0. The normalized spacial score (nSPS) is 10.8. The molecule has 2 aromatic carbocycles. The van der Waals surface area contributed by atoms with E-state index >= 15 is 0 Å². The minimum Gasteiger partial charge on any atom is -0.494 e. The van der Waals surface area contributed by atoms with Crippen LogP contribution in [-0.4, -0.2) is 12.5 Å².